The Bertz CT molecular complexity index is 1170. The number of aromatic nitrogens is 1. The van der Waals surface area contributed by atoms with Crippen LogP contribution in [0.15, 0.2) is 53.1 Å². The highest BCUT2D eigenvalue weighted by Gasteiger charge is 2.51. The van der Waals surface area contributed by atoms with E-state index in [0.717, 1.165) is 5.56 Å². The molecule has 0 spiro atoms. The lowest BCUT2D eigenvalue weighted by Crippen LogP contribution is -2.62. The number of aryl methyl sites for hydroxylation is 2. The van der Waals surface area contributed by atoms with Crippen LogP contribution >= 0.6 is 0 Å². The Balaban J connectivity index is 1.22. The summed E-state index contributed by atoms with van der Waals surface area (Å²) >= 11 is 0. The van der Waals surface area contributed by atoms with E-state index in [0.29, 0.717) is 37.5 Å². The molecule has 176 valence electrons. The minimum absolute atomic E-state index is 0.0106. The topological polar surface area (TPSA) is 85.0 Å². The Morgan fingerprint density at radius 3 is 2.21 bits per heavy atom. The molecule has 1 aromatic heterocycles. The number of benzene rings is 2. The van der Waals surface area contributed by atoms with Crippen molar-refractivity contribution < 1.29 is 23.9 Å². The number of carbonyl (C=O) groups is 1. The minimum Gasteiger partial charge on any atom is -0.448 e. The summed E-state index contributed by atoms with van der Waals surface area (Å²) in [6, 6.07) is 16.1. The van der Waals surface area contributed by atoms with Crippen LogP contribution in [0.1, 0.15) is 46.9 Å². The lowest BCUT2D eigenvalue weighted by Gasteiger charge is -2.50. The average Bonchev–Trinajstić information content (AvgIpc) is 3.34. The number of fused-ring (bicyclic) bond motifs is 5. The molecular weight excluding hydrogens is 432 g/mol. The maximum atomic E-state index is 13.4. The monoisotopic (exact) mass is 460 g/mol. The Labute approximate surface area is 198 Å². The van der Waals surface area contributed by atoms with Gasteiger partial charge >= 0.3 is 6.09 Å². The predicted octanol–water partition coefficient (Wildman–Crippen LogP) is 4.29. The fourth-order valence-corrected chi connectivity index (χ4v) is 6.29. The molecule has 2 saturated heterocycles. The van der Waals surface area contributed by atoms with Crippen LogP contribution in [-0.4, -0.2) is 53.2 Å². The summed E-state index contributed by atoms with van der Waals surface area (Å²) in [6.07, 6.45) is 0.369. The molecule has 3 aliphatic rings. The molecule has 3 heterocycles. The van der Waals surface area contributed by atoms with E-state index in [-0.39, 0.29) is 30.7 Å². The fraction of sp³-hybridized carbons (Fsp3) is 0.407. The van der Waals surface area contributed by atoms with Gasteiger partial charge in [0.2, 0.25) is 0 Å². The summed E-state index contributed by atoms with van der Waals surface area (Å²) in [7, 11) is 0. The first-order valence-corrected chi connectivity index (χ1v) is 11.8. The summed E-state index contributed by atoms with van der Waals surface area (Å²) in [5.74, 6) is 0.630. The third-order valence-electron chi connectivity index (χ3n) is 7.60. The standard InChI is InChI=1S/C27H28N2O5/c1-16-25(17(2)34-28-16)27(31)11-18-13-32-14-19(12-27)29(18)26(30)33-15-24-22-9-5-3-7-20(22)21-8-4-6-10-23(21)24/h3-10,18-19,24,31H,11-15H2,1-2H3. The van der Waals surface area contributed by atoms with Crippen molar-refractivity contribution in [2.45, 2.75) is 50.3 Å². The van der Waals surface area contributed by atoms with E-state index >= 15 is 0 Å². The zero-order valence-electron chi connectivity index (χ0n) is 19.4. The van der Waals surface area contributed by atoms with Gasteiger partial charge in [0.05, 0.1) is 36.6 Å². The van der Waals surface area contributed by atoms with Crippen LogP contribution < -0.4 is 0 Å². The van der Waals surface area contributed by atoms with Crippen molar-refractivity contribution in [3.8, 4) is 11.1 Å². The zero-order chi connectivity index (χ0) is 23.4. The van der Waals surface area contributed by atoms with E-state index in [1.807, 2.05) is 38.1 Å². The number of hydrogen-bond donors (Lipinski definition) is 1. The normalized spacial score (nSPS) is 25.7. The van der Waals surface area contributed by atoms with Gasteiger partial charge in [-0.3, -0.25) is 4.90 Å². The van der Waals surface area contributed by atoms with Gasteiger partial charge in [0.15, 0.2) is 0 Å². The van der Waals surface area contributed by atoms with E-state index in [1.54, 1.807) is 4.90 Å². The maximum absolute atomic E-state index is 13.4. The Morgan fingerprint density at radius 1 is 1.06 bits per heavy atom. The van der Waals surface area contributed by atoms with Crippen molar-refractivity contribution in [2.75, 3.05) is 19.8 Å². The molecule has 2 fully saturated rings. The van der Waals surface area contributed by atoms with Crippen LogP contribution in [0, 0.1) is 13.8 Å². The number of rotatable bonds is 3. The zero-order valence-corrected chi connectivity index (χ0v) is 19.4. The highest BCUT2D eigenvalue weighted by atomic mass is 16.6. The number of nitrogens with zero attached hydrogens (tertiary/aromatic N) is 2. The smallest absolute Gasteiger partial charge is 0.410 e. The Hall–Kier alpha value is -3.16. The summed E-state index contributed by atoms with van der Waals surface area (Å²) in [5, 5.41) is 15.6. The number of aliphatic hydroxyl groups is 1. The van der Waals surface area contributed by atoms with Crippen molar-refractivity contribution in [3.63, 3.8) is 0 Å². The Morgan fingerprint density at radius 2 is 1.65 bits per heavy atom. The van der Waals surface area contributed by atoms with Crippen molar-refractivity contribution in [1.82, 2.24) is 10.1 Å². The van der Waals surface area contributed by atoms with Gasteiger partial charge in [-0.25, -0.2) is 4.79 Å². The van der Waals surface area contributed by atoms with Crippen molar-refractivity contribution in [1.29, 1.82) is 0 Å². The van der Waals surface area contributed by atoms with Gasteiger partial charge in [-0.2, -0.15) is 0 Å². The number of ether oxygens (including phenoxy) is 2. The molecule has 2 aromatic carbocycles. The lowest BCUT2D eigenvalue weighted by molar-refractivity contribution is -0.137. The number of piperidine rings is 1. The van der Waals surface area contributed by atoms with Gasteiger partial charge in [0.1, 0.15) is 12.4 Å². The third-order valence-corrected chi connectivity index (χ3v) is 7.60. The third kappa shape index (κ3) is 3.26. The second kappa shape index (κ2) is 7.96. The summed E-state index contributed by atoms with van der Waals surface area (Å²) in [4.78, 5) is 15.1. The molecule has 3 aromatic rings. The molecule has 1 N–H and O–H groups in total. The summed E-state index contributed by atoms with van der Waals surface area (Å²) < 4.78 is 17.0. The van der Waals surface area contributed by atoms with Gasteiger partial charge in [-0.15, -0.1) is 0 Å². The molecule has 6 rings (SSSR count). The molecule has 1 amide bonds. The molecule has 34 heavy (non-hydrogen) atoms. The highest BCUT2D eigenvalue weighted by Crippen LogP contribution is 2.46. The SMILES string of the molecule is Cc1noc(C)c1C1(O)CC2COCC(C1)N2C(=O)OCC1c2ccccc2-c2ccccc21. The molecule has 7 heteroatoms. The van der Waals surface area contributed by atoms with Crippen LogP contribution in [0.2, 0.25) is 0 Å². The van der Waals surface area contributed by atoms with Gasteiger partial charge in [0.25, 0.3) is 0 Å². The second-order valence-corrected chi connectivity index (χ2v) is 9.70. The van der Waals surface area contributed by atoms with E-state index in [2.05, 4.69) is 29.4 Å². The van der Waals surface area contributed by atoms with Gasteiger partial charge in [0, 0.05) is 24.3 Å². The van der Waals surface area contributed by atoms with Crippen LogP contribution in [0.3, 0.4) is 0 Å². The molecule has 2 unspecified atom stereocenters. The van der Waals surface area contributed by atoms with E-state index in [4.69, 9.17) is 14.0 Å². The first kappa shape index (κ1) is 21.4. The highest BCUT2D eigenvalue weighted by molar-refractivity contribution is 5.79. The van der Waals surface area contributed by atoms with Crippen LogP contribution in [0.25, 0.3) is 11.1 Å². The molecule has 1 aliphatic carbocycles. The molecule has 0 radical (unpaired) electrons. The van der Waals surface area contributed by atoms with Crippen LogP contribution in [0.5, 0.6) is 0 Å². The van der Waals surface area contributed by atoms with Crippen molar-refractivity contribution in [3.05, 3.63) is 76.7 Å². The molecule has 0 saturated carbocycles. The predicted molar refractivity (Wildman–Crippen MR) is 124 cm³/mol. The molecule has 7 nitrogen and oxygen atoms in total. The summed E-state index contributed by atoms with van der Waals surface area (Å²) in [5.41, 5.74) is 5.09. The first-order valence-electron chi connectivity index (χ1n) is 11.8. The molecule has 2 aliphatic heterocycles. The van der Waals surface area contributed by atoms with Crippen LogP contribution in [0.4, 0.5) is 4.79 Å². The second-order valence-electron chi connectivity index (χ2n) is 9.70. The van der Waals surface area contributed by atoms with E-state index < -0.39 is 5.60 Å². The van der Waals surface area contributed by atoms with Crippen molar-refractivity contribution >= 4 is 6.09 Å². The Kier molecular flexibility index (Phi) is 5.00. The summed E-state index contributed by atoms with van der Waals surface area (Å²) in [6.45, 7) is 4.67. The minimum atomic E-state index is -1.10. The molecule has 2 atom stereocenters. The quantitative estimate of drug-likeness (QED) is 0.628. The number of amides is 1. The number of morpholine rings is 1. The average molecular weight is 461 g/mol. The molecule has 2 bridgehead atoms. The van der Waals surface area contributed by atoms with Gasteiger partial charge < -0.3 is 19.1 Å². The van der Waals surface area contributed by atoms with E-state index in [9.17, 15) is 9.90 Å². The first-order chi connectivity index (χ1) is 16.5. The van der Waals surface area contributed by atoms with Gasteiger partial charge in [-0.1, -0.05) is 53.7 Å². The maximum Gasteiger partial charge on any atom is 0.410 e. The number of carbonyl (C=O) groups excluding carboxylic acids is 1. The van der Waals surface area contributed by atoms with Crippen LogP contribution in [-0.2, 0) is 15.1 Å². The van der Waals surface area contributed by atoms with E-state index in [1.165, 1.54) is 22.3 Å². The fourth-order valence-electron chi connectivity index (χ4n) is 6.29. The lowest BCUT2D eigenvalue weighted by atomic mass is 9.76. The van der Waals surface area contributed by atoms with Gasteiger partial charge in [-0.05, 0) is 36.1 Å². The molecular formula is C27H28N2O5. The largest absolute Gasteiger partial charge is 0.448 e. The van der Waals surface area contributed by atoms with Crippen molar-refractivity contribution in [2.24, 2.45) is 0 Å². The number of hydrogen-bond acceptors (Lipinski definition) is 6.